The summed E-state index contributed by atoms with van der Waals surface area (Å²) in [6.07, 6.45) is 1.17. The van der Waals surface area contributed by atoms with Crippen LogP contribution in [-0.4, -0.2) is 25.7 Å². The van der Waals surface area contributed by atoms with Crippen LogP contribution in [0.5, 0.6) is 5.75 Å². The maximum Gasteiger partial charge on any atom is 0.246 e. The smallest absolute Gasteiger partial charge is 0.246 e. The quantitative estimate of drug-likeness (QED) is 0.738. The highest BCUT2D eigenvalue weighted by Gasteiger charge is 2.18. The van der Waals surface area contributed by atoms with Crippen molar-refractivity contribution >= 4 is 15.8 Å². The highest BCUT2D eigenvalue weighted by Crippen LogP contribution is 2.16. The van der Waals surface area contributed by atoms with Gasteiger partial charge in [-0.3, -0.25) is 5.10 Å². The van der Waals surface area contributed by atoms with E-state index < -0.39 is 10.0 Å². The normalized spacial score (nSPS) is 11.4. The lowest BCUT2D eigenvalue weighted by Crippen LogP contribution is -2.23. The fourth-order valence-corrected chi connectivity index (χ4v) is 2.58. The summed E-state index contributed by atoms with van der Waals surface area (Å²) >= 11 is 0. The molecule has 8 heteroatoms. The summed E-state index contributed by atoms with van der Waals surface area (Å²) in [5.74, 6) is 0.678. The van der Waals surface area contributed by atoms with Gasteiger partial charge in [-0.25, -0.2) is 13.1 Å². The van der Waals surface area contributed by atoms with E-state index in [1.807, 2.05) is 0 Å². The van der Waals surface area contributed by atoms with E-state index in [-0.39, 0.29) is 17.3 Å². The van der Waals surface area contributed by atoms with E-state index >= 15 is 0 Å². The van der Waals surface area contributed by atoms with Gasteiger partial charge in [-0.1, -0.05) is 12.1 Å². The van der Waals surface area contributed by atoms with Crippen LogP contribution in [0.4, 0.5) is 5.82 Å². The van der Waals surface area contributed by atoms with Crippen molar-refractivity contribution in [3.8, 4) is 5.75 Å². The first-order valence-electron chi connectivity index (χ1n) is 5.44. The van der Waals surface area contributed by atoms with Crippen LogP contribution < -0.4 is 15.2 Å². The summed E-state index contributed by atoms with van der Waals surface area (Å²) < 4.78 is 31.4. The molecule has 1 heterocycles. The Balaban J connectivity index is 2.12. The van der Waals surface area contributed by atoms with Crippen LogP contribution in [0.25, 0.3) is 0 Å². The van der Waals surface area contributed by atoms with Crippen molar-refractivity contribution < 1.29 is 13.2 Å². The van der Waals surface area contributed by atoms with E-state index in [0.29, 0.717) is 5.75 Å². The summed E-state index contributed by atoms with van der Waals surface area (Å²) in [5, 5.41) is 5.96. The van der Waals surface area contributed by atoms with E-state index in [1.54, 1.807) is 31.4 Å². The lowest BCUT2D eigenvalue weighted by atomic mass is 10.2. The van der Waals surface area contributed by atoms with Crippen molar-refractivity contribution in [3.63, 3.8) is 0 Å². The van der Waals surface area contributed by atoms with Gasteiger partial charge in [0.1, 0.15) is 16.5 Å². The van der Waals surface area contributed by atoms with Gasteiger partial charge in [0.2, 0.25) is 10.0 Å². The molecule has 0 bridgehead atoms. The van der Waals surface area contributed by atoms with E-state index in [0.717, 1.165) is 5.56 Å². The highest BCUT2D eigenvalue weighted by molar-refractivity contribution is 7.89. The largest absolute Gasteiger partial charge is 0.497 e. The average Bonchev–Trinajstić information content (AvgIpc) is 2.84. The Morgan fingerprint density at radius 1 is 1.47 bits per heavy atom. The monoisotopic (exact) mass is 282 g/mol. The molecule has 2 aromatic rings. The second kappa shape index (κ2) is 5.29. The number of anilines is 1. The van der Waals surface area contributed by atoms with Gasteiger partial charge in [0.15, 0.2) is 0 Å². The molecular formula is C11H14N4O3S. The first-order valence-corrected chi connectivity index (χ1v) is 6.92. The standard InChI is InChI=1S/C11H14N4O3S/c1-18-9-4-2-3-8(5-9)6-14-19(16,17)10-7-13-15-11(10)12/h2-5,7,14H,6H2,1H3,(H3,12,13,15). The number of aromatic amines is 1. The van der Waals surface area contributed by atoms with Crippen LogP contribution in [0.1, 0.15) is 5.56 Å². The summed E-state index contributed by atoms with van der Waals surface area (Å²) in [6.45, 7) is 0.143. The lowest BCUT2D eigenvalue weighted by molar-refractivity contribution is 0.414. The van der Waals surface area contributed by atoms with Gasteiger partial charge in [0.05, 0.1) is 13.3 Å². The Morgan fingerprint density at radius 2 is 2.26 bits per heavy atom. The molecule has 0 spiro atoms. The van der Waals surface area contributed by atoms with Crippen LogP contribution in [-0.2, 0) is 16.6 Å². The van der Waals surface area contributed by atoms with E-state index in [2.05, 4.69) is 14.9 Å². The number of H-pyrrole nitrogens is 1. The van der Waals surface area contributed by atoms with Crippen molar-refractivity contribution in [2.24, 2.45) is 0 Å². The number of hydrogen-bond donors (Lipinski definition) is 3. The van der Waals surface area contributed by atoms with Gasteiger partial charge in [-0.05, 0) is 17.7 Å². The number of benzene rings is 1. The molecule has 0 radical (unpaired) electrons. The third-order valence-electron chi connectivity index (χ3n) is 2.52. The Labute approximate surface area is 110 Å². The molecule has 2 rings (SSSR count). The van der Waals surface area contributed by atoms with Crippen LogP contribution in [0.2, 0.25) is 0 Å². The van der Waals surface area contributed by atoms with Crippen molar-refractivity contribution in [2.45, 2.75) is 11.4 Å². The molecule has 0 atom stereocenters. The Hall–Kier alpha value is -2.06. The van der Waals surface area contributed by atoms with Gasteiger partial charge < -0.3 is 10.5 Å². The molecule has 1 aromatic carbocycles. The van der Waals surface area contributed by atoms with Crippen molar-refractivity contribution in [1.29, 1.82) is 0 Å². The van der Waals surface area contributed by atoms with Crippen molar-refractivity contribution in [2.75, 3.05) is 12.8 Å². The molecule has 0 amide bonds. The van der Waals surface area contributed by atoms with Gasteiger partial charge in [0.25, 0.3) is 0 Å². The minimum Gasteiger partial charge on any atom is -0.497 e. The molecule has 0 aliphatic rings. The van der Waals surface area contributed by atoms with Crippen molar-refractivity contribution in [1.82, 2.24) is 14.9 Å². The van der Waals surface area contributed by atoms with Gasteiger partial charge >= 0.3 is 0 Å². The second-order valence-corrected chi connectivity index (χ2v) is 5.56. The second-order valence-electron chi connectivity index (χ2n) is 3.82. The summed E-state index contributed by atoms with van der Waals surface area (Å²) in [6, 6.07) is 7.12. The Kier molecular flexibility index (Phi) is 3.72. The van der Waals surface area contributed by atoms with E-state index in [4.69, 9.17) is 10.5 Å². The van der Waals surface area contributed by atoms with Crippen LogP contribution >= 0.6 is 0 Å². The molecule has 1 aromatic heterocycles. The van der Waals surface area contributed by atoms with Gasteiger partial charge in [0, 0.05) is 6.54 Å². The maximum atomic E-state index is 12.0. The lowest BCUT2D eigenvalue weighted by Gasteiger charge is -2.07. The number of nitrogen functional groups attached to an aromatic ring is 1. The highest BCUT2D eigenvalue weighted by atomic mass is 32.2. The van der Waals surface area contributed by atoms with Gasteiger partial charge in [-0.15, -0.1) is 0 Å². The number of nitrogens with zero attached hydrogens (tertiary/aromatic N) is 1. The fraction of sp³-hybridized carbons (Fsp3) is 0.182. The molecule has 0 aliphatic carbocycles. The Morgan fingerprint density at radius 3 is 2.89 bits per heavy atom. The molecule has 0 fully saturated rings. The molecule has 19 heavy (non-hydrogen) atoms. The first kappa shape index (κ1) is 13.4. The first-order chi connectivity index (χ1) is 9.03. The minimum absolute atomic E-state index is 0.0122. The number of aromatic nitrogens is 2. The molecule has 0 unspecified atom stereocenters. The maximum absolute atomic E-state index is 12.0. The molecular weight excluding hydrogens is 268 g/mol. The third kappa shape index (κ3) is 3.04. The predicted octanol–water partition coefficient (Wildman–Crippen LogP) is 0.479. The van der Waals surface area contributed by atoms with Crippen molar-refractivity contribution in [3.05, 3.63) is 36.0 Å². The average molecular weight is 282 g/mol. The zero-order valence-corrected chi connectivity index (χ0v) is 11.1. The van der Waals surface area contributed by atoms with Gasteiger partial charge in [-0.2, -0.15) is 5.10 Å². The minimum atomic E-state index is -3.67. The topological polar surface area (TPSA) is 110 Å². The number of methoxy groups -OCH3 is 1. The number of sulfonamides is 1. The molecule has 0 saturated carbocycles. The van der Waals surface area contributed by atoms with E-state index in [1.165, 1.54) is 6.20 Å². The molecule has 0 saturated heterocycles. The molecule has 0 aliphatic heterocycles. The predicted molar refractivity (Wildman–Crippen MR) is 70.0 cm³/mol. The molecule has 7 nitrogen and oxygen atoms in total. The summed E-state index contributed by atoms with van der Waals surface area (Å²) in [7, 11) is -2.12. The molecule has 4 N–H and O–H groups in total. The number of hydrogen-bond acceptors (Lipinski definition) is 5. The number of nitrogens with one attached hydrogen (secondary N) is 2. The number of nitrogens with two attached hydrogens (primary N) is 1. The molecule has 102 valence electrons. The summed E-state index contributed by atoms with van der Waals surface area (Å²) in [5.41, 5.74) is 6.27. The zero-order chi connectivity index (χ0) is 13.9. The Bertz CT molecular complexity index is 666. The fourth-order valence-electron chi connectivity index (χ4n) is 1.54. The summed E-state index contributed by atoms with van der Waals surface area (Å²) in [4.78, 5) is -0.0598. The number of rotatable bonds is 5. The van der Waals surface area contributed by atoms with Crippen LogP contribution in [0.15, 0.2) is 35.4 Å². The third-order valence-corrected chi connectivity index (χ3v) is 3.95. The zero-order valence-electron chi connectivity index (χ0n) is 10.3. The SMILES string of the molecule is COc1cccc(CNS(=O)(=O)c2cn[nH]c2N)c1. The van der Waals surface area contributed by atoms with E-state index in [9.17, 15) is 8.42 Å². The van der Waals surface area contributed by atoms with Crippen LogP contribution in [0, 0.1) is 0 Å². The van der Waals surface area contributed by atoms with Crippen LogP contribution in [0.3, 0.4) is 0 Å². The number of ether oxygens (including phenoxy) is 1.